The SMILES string of the molecule is CCn1c(CNC(C)CCO)nc2ccccc21. The van der Waals surface area contributed by atoms with Crippen LogP contribution in [-0.2, 0) is 13.1 Å². The molecule has 1 aromatic heterocycles. The van der Waals surface area contributed by atoms with Gasteiger partial charge in [0.2, 0.25) is 0 Å². The molecule has 0 radical (unpaired) electrons. The zero-order valence-electron chi connectivity index (χ0n) is 11.1. The Morgan fingerprint density at radius 3 is 2.89 bits per heavy atom. The molecule has 0 aliphatic carbocycles. The Labute approximate surface area is 108 Å². The number of rotatable bonds is 6. The van der Waals surface area contributed by atoms with Crippen molar-refractivity contribution in [2.45, 2.75) is 39.4 Å². The van der Waals surface area contributed by atoms with E-state index < -0.39 is 0 Å². The Balaban J connectivity index is 2.17. The van der Waals surface area contributed by atoms with Gasteiger partial charge in [0.15, 0.2) is 0 Å². The number of aliphatic hydroxyl groups is 1. The van der Waals surface area contributed by atoms with Gasteiger partial charge < -0.3 is 15.0 Å². The number of hydrogen-bond donors (Lipinski definition) is 2. The van der Waals surface area contributed by atoms with Crippen molar-refractivity contribution in [2.24, 2.45) is 0 Å². The first kappa shape index (κ1) is 13.1. The first-order valence-electron chi connectivity index (χ1n) is 6.54. The van der Waals surface area contributed by atoms with E-state index in [2.05, 4.69) is 34.8 Å². The summed E-state index contributed by atoms with van der Waals surface area (Å²) in [6.07, 6.45) is 0.770. The van der Waals surface area contributed by atoms with Crippen molar-refractivity contribution in [3.8, 4) is 0 Å². The van der Waals surface area contributed by atoms with Crippen molar-refractivity contribution >= 4 is 11.0 Å². The van der Waals surface area contributed by atoms with Crippen LogP contribution >= 0.6 is 0 Å². The highest BCUT2D eigenvalue weighted by molar-refractivity contribution is 5.75. The van der Waals surface area contributed by atoms with Gasteiger partial charge in [-0.25, -0.2) is 4.98 Å². The van der Waals surface area contributed by atoms with Crippen LogP contribution in [0.25, 0.3) is 11.0 Å². The van der Waals surface area contributed by atoms with Crippen LogP contribution in [-0.4, -0.2) is 27.3 Å². The first-order chi connectivity index (χ1) is 8.76. The van der Waals surface area contributed by atoms with Crippen molar-refractivity contribution < 1.29 is 5.11 Å². The minimum atomic E-state index is 0.221. The third kappa shape index (κ3) is 2.71. The number of fused-ring (bicyclic) bond motifs is 1. The maximum absolute atomic E-state index is 8.89. The topological polar surface area (TPSA) is 50.1 Å². The molecule has 1 aromatic carbocycles. The molecule has 1 atom stereocenters. The summed E-state index contributed by atoms with van der Waals surface area (Å²) in [7, 11) is 0. The molecule has 0 spiro atoms. The van der Waals surface area contributed by atoms with Crippen molar-refractivity contribution in [3.05, 3.63) is 30.1 Å². The average molecular weight is 247 g/mol. The molecule has 0 bridgehead atoms. The average Bonchev–Trinajstić information content (AvgIpc) is 2.74. The third-order valence-electron chi connectivity index (χ3n) is 3.22. The van der Waals surface area contributed by atoms with E-state index in [0.717, 1.165) is 30.9 Å². The molecule has 4 nitrogen and oxygen atoms in total. The van der Waals surface area contributed by atoms with Crippen LogP contribution in [0.3, 0.4) is 0 Å². The Hall–Kier alpha value is -1.39. The molecule has 98 valence electrons. The molecule has 1 heterocycles. The van der Waals surface area contributed by atoms with Crippen LogP contribution in [0.15, 0.2) is 24.3 Å². The zero-order chi connectivity index (χ0) is 13.0. The summed E-state index contributed by atoms with van der Waals surface area (Å²) in [5.41, 5.74) is 2.23. The number of imidazole rings is 1. The molecule has 0 fully saturated rings. The van der Waals surface area contributed by atoms with Crippen LogP contribution in [0.2, 0.25) is 0 Å². The molecule has 0 aliphatic rings. The molecule has 2 aromatic rings. The highest BCUT2D eigenvalue weighted by Crippen LogP contribution is 2.15. The van der Waals surface area contributed by atoms with E-state index in [1.807, 2.05) is 18.2 Å². The van der Waals surface area contributed by atoms with Crippen LogP contribution in [0.5, 0.6) is 0 Å². The maximum atomic E-state index is 8.89. The van der Waals surface area contributed by atoms with Crippen LogP contribution in [0.4, 0.5) is 0 Å². The van der Waals surface area contributed by atoms with Gasteiger partial charge in [0.25, 0.3) is 0 Å². The predicted octanol–water partition coefficient (Wildman–Crippen LogP) is 1.92. The lowest BCUT2D eigenvalue weighted by Gasteiger charge is -2.12. The first-order valence-corrected chi connectivity index (χ1v) is 6.54. The van der Waals surface area contributed by atoms with Crippen LogP contribution in [0.1, 0.15) is 26.1 Å². The van der Waals surface area contributed by atoms with Gasteiger partial charge in [0, 0.05) is 19.2 Å². The van der Waals surface area contributed by atoms with Crippen LogP contribution < -0.4 is 5.32 Å². The van der Waals surface area contributed by atoms with Gasteiger partial charge in [-0.3, -0.25) is 0 Å². The fourth-order valence-corrected chi connectivity index (χ4v) is 2.17. The van der Waals surface area contributed by atoms with Crippen molar-refractivity contribution in [2.75, 3.05) is 6.61 Å². The van der Waals surface area contributed by atoms with Gasteiger partial charge in [-0.05, 0) is 32.4 Å². The summed E-state index contributed by atoms with van der Waals surface area (Å²) in [4.78, 5) is 4.65. The smallest absolute Gasteiger partial charge is 0.123 e. The van der Waals surface area contributed by atoms with Gasteiger partial charge in [-0.15, -0.1) is 0 Å². The molecule has 0 aliphatic heterocycles. The molecule has 2 N–H and O–H groups in total. The van der Waals surface area contributed by atoms with E-state index in [0.29, 0.717) is 6.04 Å². The summed E-state index contributed by atoms with van der Waals surface area (Å²) in [5.74, 6) is 1.06. The van der Waals surface area contributed by atoms with Gasteiger partial charge >= 0.3 is 0 Å². The molecule has 0 amide bonds. The van der Waals surface area contributed by atoms with Crippen LogP contribution in [0, 0.1) is 0 Å². The highest BCUT2D eigenvalue weighted by Gasteiger charge is 2.09. The number of hydrogen-bond acceptors (Lipinski definition) is 3. The lowest BCUT2D eigenvalue weighted by atomic mass is 10.2. The Morgan fingerprint density at radius 1 is 1.39 bits per heavy atom. The molecule has 0 saturated carbocycles. The van der Waals surface area contributed by atoms with E-state index >= 15 is 0 Å². The standard InChI is InChI=1S/C14H21N3O/c1-3-17-13-7-5-4-6-12(13)16-14(17)10-15-11(2)8-9-18/h4-7,11,15,18H,3,8-10H2,1-2H3. The van der Waals surface area contributed by atoms with Gasteiger partial charge in [-0.1, -0.05) is 12.1 Å². The quantitative estimate of drug-likeness (QED) is 0.820. The summed E-state index contributed by atoms with van der Waals surface area (Å²) in [6.45, 7) is 6.10. The predicted molar refractivity (Wildman–Crippen MR) is 73.4 cm³/mol. The second-order valence-electron chi connectivity index (χ2n) is 4.56. The Bertz CT molecular complexity index is 507. The second kappa shape index (κ2) is 5.98. The fourth-order valence-electron chi connectivity index (χ4n) is 2.17. The monoisotopic (exact) mass is 247 g/mol. The normalized spacial score (nSPS) is 13.1. The zero-order valence-corrected chi connectivity index (χ0v) is 11.1. The molecule has 1 unspecified atom stereocenters. The summed E-state index contributed by atoms with van der Waals surface area (Å²) in [6, 6.07) is 8.51. The molecular formula is C14H21N3O. The number of nitrogens with one attached hydrogen (secondary N) is 1. The maximum Gasteiger partial charge on any atom is 0.123 e. The number of aliphatic hydroxyl groups excluding tert-OH is 1. The van der Waals surface area contributed by atoms with E-state index in [9.17, 15) is 0 Å². The minimum absolute atomic E-state index is 0.221. The van der Waals surface area contributed by atoms with Crippen molar-refractivity contribution in [1.29, 1.82) is 0 Å². The lowest BCUT2D eigenvalue weighted by molar-refractivity contribution is 0.268. The Morgan fingerprint density at radius 2 is 2.17 bits per heavy atom. The number of nitrogens with zero attached hydrogens (tertiary/aromatic N) is 2. The lowest BCUT2D eigenvalue weighted by Crippen LogP contribution is -2.27. The van der Waals surface area contributed by atoms with E-state index in [-0.39, 0.29) is 6.61 Å². The largest absolute Gasteiger partial charge is 0.396 e. The number of para-hydroxylation sites is 2. The van der Waals surface area contributed by atoms with Crippen molar-refractivity contribution in [3.63, 3.8) is 0 Å². The van der Waals surface area contributed by atoms with Gasteiger partial charge in [0.05, 0.1) is 17.6 Å². The molecule has 2 rings (SSSR count). The number of aryl methyl sites for hydroxylation is 1. The van der Waals surface area contributed by atoms with E-state index in [1.165, 1.54) is 5.52 Å². The molecular weight excluding hydrogens is 226 g/mol. The van der Waals surface area contributed by atoms with E-state index in [4.69, 9.17) is 5.11 Å². The van der Waals surface area contributed by atoms with E-state index in [1.54, 1.807) is 0 Å². The molecule has 18 heavy (non-hydrogen) atoms. The molecule has 4 heteroatoms. The number of aromatic nitrogens is 2. The van der Waals surface area contributed by atoms with Gasteiger partial charge in [0.1, 0.15) is 5.82 Å². The minimum Gasteiger partial charge on any atom is -0.396 e. The molecule has 0 saturated heterocycles. The summed E-state index contributed by atoms with van der Waals surface area (Å²) in [5, 5.41) is 12.3. The number of benzene rings is 1. The second-order valence-corrected chi connectivity index (χ2v) is 4.56. The fraction of sp³-hybridized carbons (Fsp3) is 0.500. The summed E-state index contributed by atoms with van der Waals surface area (Å²) >= 11 is 0. The van der Waals surface area contributed by atoms with Gasteiger partial charge in [-0.2, -0.15) is 0 Å². The summed E-state index contributed by atoms with van der Waals surface area (Å²) < 4.78 is 2.23. The third-order valence-corrected chi connectivity index (χ3v) is 3.22. The Kier molecular flexibility index (Phi) is 4.33. The van der Waals surface area contributed by atoms with Crippen molar-refractivity contribution in [1.82, 2.24) is 14.9 Å². The highest BCUT2D eigenvalue weighted by atomic mass is 16.3.